The minimum absolute atomic E-state index is 0.119. The molecule has 2 rings (SSSR count). The van der Waals surface area contributed by atoms with Crippen LogP contribution < -0.4 is 0 Å². The molecule has 0 amide bonds. The lowest BCUT2D eigenvalue weighted by atomic mass is 10.1. The summed E-state index contributed by atoms with van der Waals surface area (Å²) >= 11 is 0. The third-order valence-corrected chi connectivity index (χ3v) is 3.92. The highest BCUT2D eigenvalue weighted by Gasteiger charge is 2.32. The third-order valence-electron chi connectivity index (χ3n) is 3.13. The van der Waals surface area contributed by atoms with Gasteiger partial charge in [0.1, 0.15) is 0 Å². The van der Waals surface area contributed by atoms with Gasteiger partial charge < -0.3 is 9.05 Å². The lowest BCUT2D eigenvalue weighted by molar-refractivity contribution is 0.0565. The molecule has 0 aliphatic carbocycles. The molecule has 0 aliphatic heterocycles. The fourth-order valence-electron chi connectivity index (χ4n) is 1.93. The number of hydrogen-bond acceptors (Lipinski definition) is 5. The van der Waals surface area contributed by atoms with Crippen molar-refractivity contribution in [1.82, 2.24) is 0 Å². The first kappa shape index (κ1) is 16.9. The van der Waals surface area contributed by atoms with Crippen molar-refractivity contribution in [2.24, 2.45) is 0 Å². The molecule has 23 heavy (non-hydrogen) atoms. The van der Waals surface area contributed by atoms with E-state index in [0.717, 1.165) is 0 Å². The summed E-state index contributed by atoms with van der Waals surface area (Å²) in [5, 5.41) is 0. The minimum atomic E-state index is -4.87. The van der Waals surface area contributed by atoms with Gasteiger partial charge in [-0.2, -0.15) is 0 Å². The summed E-state index contributed by atoms with van der Waals surface area (Å²) in [5.41, 5.74) is 1.38. The topological polar surface area (TPSA) is 89.9 Å². The zero-order valence-electron chi connectivity index (χ0n) is 12.6. The van der Waals surface area contributed by atoms with Crippen LogP contribution in [0, 0.1) is 13.8 Å². The lowest BCUT2D eigenvalue weighted by Crippen LogP contribution is -2.11. The van der Waals surface area contributed by atoms with E-state index in [2.05, 4.69) is 9.05 Å². The van der Waals surface area contributed by atoms with Crippen LogP contribution in [0.1, 0.15) is 31.8 Å². The average molecular weight is 334 g/mol. The van der Waals surface area contributed by atoms with Gasteiger partial charge in [0.15, 0.2) is 0 Å². The molecule has 7 heteroatoms. The number of rotatable bonds is 4. The standard InChI is InChI=1S/C16H15O6P/c1-11-7-3-5-9-13(11)15(17)21-23(19,20)22-16(18)14-10-6-4-8-12(14)2/h3-10H,1-2H3,(H,19,20). The van der Waals surface area contributed by atoms with E-state index in [0.29, 0.717) is 11.1 Å². The van der Waals surface area contributed by atoms with Crippen molar-refractivity contribution < 1.29 is 28.1 Å². The van der Waals surface area contributed by atoms with E-state index >= 15 is 0 Å². The Kier molecular flexibility index (Phi) is 4.98. The van der Waals surface area contributed by atoms with E-state index in [4.69, 9.17) is 0 Å². The van der Waals surface area contributed by atoms with Crippen molar-refractivity contribution in [2.45, 2.75) is 13.8 Å². The van der Waals surface area contributed by atoms with Gasteiger partial charge in [-0.15, -0.1) is 0 Å². The van der Waals surface area contributed by atoms with Gasteiger partial charge >= 0.3 is 19.8 Å². The molecular weight excluding hydrogens is 319 g/mol. The monoisotopic (exact) mass is 334 g/mol. The Morgan fingerprint density at radius 3 is 1.52 bits per heavy atom. The van der Waals surface area contributed by atoms with E-state index in [-0.39, 0.29) is 11.1 Å². The average Bonchev–Trinajstić information content (AvgIpc) is 2.46. The Morgan fingerprint density at radius 2 is 1.17 bits per heavy atom. The maximum atomic E-state index is 11.9. The highest BCUT2D eigenvalue weighted by atomic mass is 31.2. The molecule has 0 radical (unpaired) electrons. The molecule has 1 N–H and O–H groups in total. The first-order valence-corrected chi connectivity index (χ1v) is 8.21. The summed E-state index contributed by atoms with van der Waals surface area (Å²) < 4.78 is 20.8. The van der Waals surface area contributed by atoms with Gasteiger partial charge in [0.2, 0.25) is 0 Å². The van der Waals surface area contributed by atoms with Crippen LogP contribution in [0.15, 0.2) is 48.5 Å². The molecule has 0 heterocycles. The first-order chi connectivity index (χ1) is 10.8. The quantitative estimate of drug-likeness (QED) is 0.862. The van der Waals surface area contributed by atoms with Gasteiger partial charge in [-0.05, 0) is 37.1 Å². The highest BCUT2D eigenvalue weighted by Crippen LogP contribution is 2.45. The molecule has 0 fully saturated rings. The van der Waals surface area contributed by atoms with Crippen LogP contribution >= 0.6 is 7.82 Å². The van der Waals surface area contributed by atoms with Gasteiger partial charge in [-0.25, -0.2) is 14.2 Å². The minimum Gasteiger partial charge on any atom is -0.357 e. The number of hydrogen-bond donors (Lipinski definition) is 1. The SMILES string of the molecule is Cc1ccccc1C(=O)OP(=O)(O)OC(=O)c1ccccc1C. The highest BCUT2D eigenvalue weighted by molar-refractivity contribution is 7.48. The maximum absolute atomic E-state index is 11.9. The summed E-state index contributed by atoms with van der Waals surface area (Å²) in [7, 11) is -4.87. The zero-order chi connectivity index (χ0) is 17.0. The predicted molar refractivity (Wildman–Crippen MR) is 83.0 cm³/mol. The third kappa shape index (κ3) is 4.28. The molecule has 0 aromatic heterocycles. The Bertz CT molecular complexity index is 735. The normalized spacial score (nSPS) is 10.9. The summed E-state index contributed by atoms with van der Waals surface area (Å²) in [5.74, 6) is -2.07. The molecule has 0 aliphatic rings. The molecule has 0 atom stereocenters. The molecule has 0 unspecified atom stereocenters. The molecule has 6 nitrogen and oxygen atoms in total. The number of benzene rings is 2. The molecule has 0 spiro atoms. The van der Waals surface area contributed by atoms with Crippen LogP contribution in [0.2, 0.25) is 0 Å². The first-order valence-electron chi connectivity index (χ1n) is 6.72. The summed E-state index contributed by atoms with van der Waals surface area (Å²) in [6, 6.07) is 12.8. The lowest BCUT2D eigenvalue weighted by Gasteiger charge is -2.13. The van der Waals surface area contributed by atoms with Crippen LogP contribution in [0.25, 0.3) is 0 Å². The molecule has 2 aromatic rings. The van der Waals surface area contributed by atoms with Crippen LogP contribution in [0.3, 0.4) is 0 Å². The van der Waals surface area contributed by atoms with E-state index in [9.17, 15) is 19.0 Å². The summed E-state index contributed by atoms with van der Waals surface area (Å²) in [6.07, 6.45) is 0. The van der Waals surface area contributed by atoms with Crippen molar-refractivity contribution in [2.75, 3.05) is 0 Å². The number of phosphoric ester groups is 1. The van der Waals surface area contributed by atoms with Crippen molar-refractivity contribution in [3.05, 3.63) is 70.8 Å². The fourth-order valence-corrected chi connectivity index (χ4v) is 2.58. The van der Waals surface area contributed by atoms with Crippen LogP contribution in [-0.4, -0.2) is 16.8 Å². The van der Waals surface area contributed by atoms with E-state index < -0.39 is 19.8 Å². The zero-order valence-corrected chi connectivity index (χ0v) is 13.4. The van der Waals surface area contributed by atoms with Crippen molar-refractivity contribution in [1.29, 1.82) is 0 Å². The Balaban J connectivity index is 2.12. The van der Waals surface area contributed by atoms with E-state index in [1.165, 1.54) is 12.1 Å². The number of phosphoric acid groups is 1. The second kappa shape index (κ2) is 6.77. The Morgan fingerprint density at radius 1 is 0.826 bits per heavy atom. The summed E-state index contributed by atoms with van der Waals surface area (Å²) in [6.45, 7) is 3.30. The fraction of sp³-hybridized carbons (Fsp3) is 0.125. The van der Waals surface area contributed by atoms with Gasteiger partial charge in [0.05, 0.1) is 11.1 Å². The Labute approximate surface area is 133 Å². The van der Waals surface area contributed by atoms with Gasteiger partial charge in [-0.1, -0.05) is 36.4 Å². The molecule has 0 saturated carbocycles. The van der Waals surface area contributed by atoms with Crippen molar-refractivity contribution in [3.63, 3.8) is 0 Å². The second-order valence-corrected chi connectivity index (χ2v) is 6.16. The maximum Gasteiger partial charge on any atom is 0.589 e. The van der Waals surface area contributed by atoms with Crippen LogP contribution in [-0.2, 0) is 13.6 Å². The van der Waals surface area contributed by atoms with Gasteiger partial charge in [0, 0.05) is 0 Å². The van der Waals surface area contributed by atoms with Gasteiger partial charge in [0.25, 0.3) is 0 Å². The molecular formula is C16H15O6P. The van der Waals surface area contributed by atoms with Crippen molar-refractivity contribution >= 4 is 19.8 Å². The number of carbonyl (C=O) groups excluding carboxylic acids is 2. The second-order valence-electron chi connectivity index (χ2n) is 4.86. The smallest absolute Gasteiger partial charge is 0.357 e. The number of aryl methyl sites for hydroxylation is 2. The molecule has 120 valence electrons. The molecule has 2 aromatic carbocycles. The number of carbonyl (C=O) groups is 2. The van der Waals surface area contributed by atoms with Gasteiger partial charge in [-0.3, -0.25) is 4.89 Å². The Hall–Kier alpha value is -2.43. The largest absolute Gasteiger partial charge is 0.589 e. The predicted octanol–water partition coefficient (Wildman–Crippen LogP) is 3.42. The van der Waals surface area contributed by atoms with Crippen molar-refractivity contribution in [3.8, 4) is 0 Å². The molecule has 0 saturated heterocycles. The summed E-state index contributed by atoms with van der Waals surface area (Å²) in [4.78, 5) is 33.5. The molecule has 0 bridgehead atoms. The van der Waals surface area contributed by atoms with Crippen LogP contribution in [0.4, 0.5) is 0 Å². The van der Waals surface area contributed by atoms with E-state index in [1.54, 1.807) is 50.2 Å². The van der Waals surface area contributed by atoms with E-state index in [1.807, 2.05) is 0 Å². The van der Waals surface area contributed by atoms with Crippen LogP contribution in [0.5, 0.6) is 0 Å².